The normalized spacial score (nSPS) is 10.4. The first-order valence-electron chi connectivity index (χ1n) is 5.44. The first kappa shape index (κ1) is 12.8. The Morgan fingerprint density at radius 3 is 2.61 bits per heavy atom. The van der Waals surface area contributed by atoms with Crippen LogP contribution in [0.25, 0.3) is 11.4 Å². The average Bonchev–Trinajstić information content (AvgIpc) is 2.35. The van der Waals surface area contributed by atoms with E-state index in [1.165, 1.54) is 0 Å². The molecule has 0 amide bonds. The van der Waals surface area contributed by atoms with E-state index in [0.29, 0.717) is 16.0 Å². The molecule has 18 heavy (non-hydrogen) atoms. The van der Waals surface area contributed by atoms with Gasteiger partial charge in [-0.2, -0.15) is 0 Å². The molecule has 5 heteroatoms. The van der Waals surface area contributed by atoms with Gasteiger partial charge in [-0.3, -0.25) is 4.79 Å². The van der Waals surface area contributed by atoms with Crippen molar-refractivity contribution in [2.75, 3.05) is 7.11 Å². The maximum atomic E-state index is 11.7. The highest BCUT2D eigenvalue weighted by molar-refractivity contribution is 9.10. The summed E-state index contributed by atoms with van der Waals surface area (Å²) < 4.78 is 5.67. The summed E-state index contributed by atoms with van der Waals surface area (Å²) in [6.45, 7) is 3.74. The molecule has 0 saturated carbocycles. The number of rotatable bonds is 2. The minimum atomic E-state index is -0.175. The Balaban J connectivity index is 2.56. The fourth-order valence-corrected chi connectivity index (χ4v) is 1.92. The van der Waals surface area contributed by atoms with E-state index >= 15 is 0 Å². The molecular formula is C13H13BrN2O2. The first-order chi connectivity index (χ1) is 8.52. The standard InChI is InChI=1S/C13H13BrN2O2/c1-7-6-9(4-5-10(7)18-3)12-15-8(2)11(14)13(17)16-12/h4-6H,1-3H3,(H,15,16,17). The zero-order valence-electron chi connectivity index (χ0n) is 10.4. The lowest BCUT2D eigenvalue weighted by Crippen LogP contribution is -2.11. The number of halogens is 1. The molecule has 0 bridgehead atoms. The number of hydrogen-bond donors (Lipinski definition) is 1. The molecule has 0 spiro atoms. The van der Waals surface area contributed by atoms with Crippen molar-refractivity contribution in [3.8, 4) is 17.1 Å². The Morgan fingerprint density at radius 2 is 2.06 bits per heavy atom. The van der Waals surface area contributed by atoms with Gasteiger partial charge in [0.15, 0.2) is 0 Å². The molecule has 1 aromatic heterocycles. The van der Waals surface area contributed by atoms with Gasteiger partial charge in [-0.15, -0.1) is 0 Å². The third-order valence-electron chi connectivity index (χ3n) is 2.70. The van der Waals surface area contributed by atoms with Crippen molar-refractivity contribution in [3.05, 3.63) is 44.3 Å². The van der Waals surface area contributed by atoms with Crippen molar-refractivity contribution in [1.82, 2.24) is 9.97 Å². The molecule has 0 atom stereocenters. The number of H-pyrrole nitrogens is 1. The van der Waals surface area contributed by atoms with Gasteiger partial charge in [-0.05, 0) is 53.5 Å². The van der Waals surface area contributed by atoms with Crippen LogP contribution in [0.2, 0.25) is 0 Å². The molecule has 0 saturated heterocycles. The maximum Gasteiger partial charge on any atom is 0.265 e. The molecule has 0 fully saturated rings. The van der Waals surface area contributed by atoms with Gasteiger partial charge in [0, 0.05) is 5.56 Å². The minimum absolute atomic E-state index is 0.175. The highest BCUT2D eigenvalue weighted by Gasteiger charge is 2.08. The van der Waals surface area contributed by atoms with Gasteiger partial charge in [0.25, 0.3) is 5.56 Å². The number of nitrogens with one attached hydrogen (secondary N) is 1. The third-order valence-corrected chi connectivity index (χ3v) is 3.63. The molecule has 0 aliphatic rings. The Morgan fingerprint density at radius 1 is 1.33 bits per heavy atom. The predicted molar refractivity (Wildman–Crippen MR) is 74.0 cm³/mol. The Hall–Kier alpha value is -1.62. The van der Waals surface area contributed by atoms with Gasteiger partial charge < -0.3 is 9.72 Å². The summed E-state index contributed by atoms with van der Waals surface area (Å²) in [5.74, 6) is 1.38. The molecule has 0 aliphatic carbocycles. The number of aryl methyl sites for hydroxylation is 2. The van der Waals surface area contributed by atoms with E-state index in [0.717, 1.165) is 16.9 Å². The highest BCUT2D eigenvalue weighted by Crippen LogP contribution is 2.24. The van der Waals surface area contributed by atoms with Gasteiger partial charge in [0.2, 0.25) is 0 Å². The SMILES string of the molecule is COc1ccc(-c2nc(C)c(Br)c(=O)[nH]2)cc1C. The zero-order chi connectivity index (χ0) is 13.3. The molecular weight excluding hydrogens is 296 g/mol. The van der Waals surface area contributed by atoms with Crippen LogP contribution in [0.1, 0.15) is 11.3 Å². The smallest absolute Gasteiger partial charge is 0.265 e. The number of methoxy groups -OCH3 is 1. The van der Waals surface area contributed by atoms with Crippen molar-refractivity contribution in [1.29, 1.82) is 0 Å². The fraction of sp³-hybridized carbons (Fsp3) is 0.231. The van der Waals surface area contributed by atoms with Gasteiger partial charge >= 0.3 is 0 Å². The number of benzene rings is 1. The van der Waals surface area contributed by atoms with Crippen molar-refractivity contribution < 1.29 is 4.74 Å². The average molecular weight is 309 g/mol. The quantitative estimate of drug-likeness (QED) is 0.928. The topological polar surface area (TPSA) is 55.0 Å². The lowest BCUT2D eigenvalue weighted by molar-refractivity contribution is 0.412. The molecule has 0 unspecified atom stereocenters. The summed E-state index contributed by atoms with van der Waals surface area (Å²) in [6, 6.07) is 5.67. The van der Waals surface area contributed by atoms with Crippen LogP contribution in [0.5, 0.6) is 5.75 Å². The van der Waals surface area contributed by atoms with Crippen molar-refractivity contribution in [2.24, 2.45) is 0 Å². The summed E-state index contributed by atoms with van der Waals surface area (Å²) in [4.78, 5) is 18.8. The fourth-order valence-electron chi connectivity index (χ4n) is 1.73. The number of aromatic amines is 1. The van der Waals surface area contributed by atoms with E-state index in [1.807, 2.05) is 25.1 Å². The van der Waals surface area contributed by atoms with Crippen molar-refractivity contribution in [3.63, 3.8) is 0 Å². The number of hydrogen-bond acceptors (Lipinski definition) is 3. The summed E-state index contributed by atoms with van der Waals surface area (Å²) in [7, 11) is 1.63. The molecule has 0 radical (unpaired) electrons. The van der Waals surface area contributed by atoms with Crippen LogP contribution in [-0.2, 0) is 0 Å². The molecule has 2 aromatic rings. The summed E-state index contributed by atoms with van der Waals surface area (Å²) >= 11 is 3.20. The summed E-state index contributed by atoms with van der Waals surface area (Å²) in [5.41, 5.74) is 2.35. The third kappa shape index (κ3) is 2.31. The van der Waals surface area contributed by atoms with Gasteiger partial charge in [0.1, 0.15) is 16.0 Å². The molecule has 1 aromatic carbocycles. The Kier molecular flexibility index (Phi) is 3.52. The van der Waals surface area contributed by atoms with E-state index in [-0.39, 0.29) is 5.56 Å². The maximum absolute atomic E-state index is 11.7. The van der Waals surface area contributed by atoms with E-state index < -0.39 is 0 Å². The molecule has 1 heterocycles. The van der Waals surface area contributed by atoms with Crippen molar-refractivity contribution >= 4 is 15.9 Å². The Labute approximate surface area is 113 Å². The second kappa shape index (κ2) is 4.94. The van der Waals surface area contributed by atoms with Crippen LogP contribution in [0.4, 0.5) is 0 Å². The van der Waals surface area contributed by atoms with Gasteiger partial charge in [0.05, 0.1) is 12.8 Å². The number of ether oxygens (including phenoxy) is 1. The Bertz CT molecular complexity index is 650. The zero-order valence-corrected chi connectivity index (χ0v) is 12.0. The number of aromatic nitrogens is 2. The van der Waals surface area contributed by atoms with Gasteiger partial charge in [-0.1, -0.05) is 0 Å². The van der Waals surface area contributed by atoms with Crippen molar-refractivity contribution in [2.45, 2.75) is 13.8 Å². The monoisotopic (exact) mass is 308 g/mol. The van der Waals surface area contributed by atoms with Crippen LogP contribution in [-0.4, -0.2) is 17.1 Å². The largest absolute Gasteiger partial charge is 0.496 e. The van der Waals surface area contributed by atoms with Crippen LogP contribution in [0, 0.1) is 13.8 Å². The first-order valence-corrected chi connectivity index (χ1v) is 6.23. The highest BCUT2D eigenvalue weighted by atomic mass is 79.9. The van der Waals surface area contributed by atoms with E-state index in [9.17, 15) is 4.79 Å². The van der Waals surface area contributed by atoms with Crippen LogP contribution in [0.15, 0.2) is 27.5 Å². The second-order valence-electron chi connectivity index (χ2n) is 4.00. The van der Waals surface area contributed by atoms with Crippen LogP contribution in [0.3, 0.4) is 0 Å². The lowest BCUT2D eigenvalue weighted by atomic mass is 10.1. The summed E-state index contributed by atoms with van der Waals surface area (Å²) in [5, 5.41) is 0. The van der Waals surface area contributed by atoms with Crippen LogP contribution < -0.4 is 10.3 Å². The molecule has 0 aliphatic heterocycles. The van der Waals surface area contributed by atoms with Crippen LogP contribution >= 0.6 is 15.9 Å². The van der Waals surface area contributed by atoms with E-state index in [4.69, 9.17) is 4.74 Å². The molecule has 1 N–H and O–H groups in total. The van der Waals surface area contributed by atoms with E-state index in [1.54, 1.807) is 14.0 Å². The van der Waals surface area contributed by atoms with Gasteiger partial charge in [-0.25, -0.2) is 4.98 Å². The number of nitrogens with zero attached hydrogens (tertiary/aromatic N) is 1. The molecule has 2 rings (SSSR count). The second-order valence-corrected chi connectivity index (χ2v) is 4.79. The predicted octanol–water partition coefficient (Wildman–Crippen LogP) is 2.82. The summed E-state index contributed by atoms with van der Waals surface area (Å²) in [6.07, 6.45) is 0. The minimum Gasteiger partial charge on any atom is -0.496 e. The lowest BCUT2D eigenvalue weighted by Gasteiger charge is -2.07. The molecule has 94 valence electrons. The van der Waals surface area contributed by atoms with E-state index in [2.05, 4.69) is 25.9 Å². The molecule has 4 nitrogen and oxygen atoms in total.